The Hall–Kier alpha value is -2.58. The highest BCUT2D eigenvalue weighted by molar-refractivity contribution is 7.90. The average Bonchev–Trinajstić information content (AvgIpc) is 2.65. The van der Waals surface area contributed by atoms with E-state index in [9.17, 15) is 13.2 Å². The van der Waals surface area contributed by atoms with Gasteiger partial charge in [0.15, 0.2) is 0 Å². The van der Waals surface area contributed by atoms with E-state index in [4.69, 9.17) is 4.74 Å². The molecule has 2 aromatic carbocycles. The third kappa shape index (κ3) is 5.46. The van der Waals surface area contributed by atoms with Crippen molar-refractivity contribution in [1.82, 2.24) is 9.62 Å². The van der Waals surface area contributed by atoms with Gasteiger partial charge in [-0.25, -0.2) is 0 Å². The second kappa shape index (κ2) is 9.07. The Morgan fingerprint density at radius 2 is 1.71 bits per heavy atom. The maximum Gasteiger partial charge on any atom is 0.303 e. The van der Waals surface area contributed by atoms with Gasteiger partial charge in [-0.3, -0.25) is 9.10 Å². The maximum atomic E-state index is 12.4. The van der Waals surface area contributed by atoms with E-state index in [2.05, 4.69) is 5.32 Å². The van der Waals surface area contributed by atoms with E-state index in [1.165, 1.54) is 21.1 Å². The number of carbonyl (C=O) groups is 1. The van der Waals surface area contributed by atoms with Crippen LogP contribution in [0.15, 0.2) is 48.5 Å². The minimum atomic E-state index is -3.57. The second-order valence-electron chi connectivity index (χ2n) is 6.80. The smallest absolute Gasteiger partial charge is 0.303 e. The summed E-state index contributed by atoms with van der Waals surface area (Å²) in [6, 6.07) is 14.0. The van der Waals surface area contributed by atoms with Crippen molar-refractivity contribution in [3.8, 4) is 5.75 Å². The number of benzene rings is 2. The molecule has 28 heavy (non-hydrogen) atoms. The van der Waals surface area contributed by atoms with Crippen LogP contribution >= 0.6 is 0 Å². The van der Waals surface area contributed by atoms with Crippen molar-refractivity contribution < 1.29 is 17.9 Å². The first-order valence-corrected chi connectivity index (χ1v) is 10.3. The lowest BCUT2D eigenvalue weighted by Gasteiger charge is -2.23. The van der Waals surface area contributed by atoms with Crippen LogP contribution in [0.2, 0.25) is 0 Å². The van der Waals surface area contributed by atoms with Crippen molar-refractivity contribution in [1.29, 1.82) is 0 Å². The van der Waals surface area contributed by atoms with Gasteiger partial charge < -0.3 is 10.1 Å². The van der Waals surface area contributed by atoms with Crippen molar-refractivity contribution >= 4 is 21.8 Å². The van der Waals surface area contributed by atoms with Crippen LogP contribution < -0.4 is 14.4 Å². The number of hydrogen-bond acceptors (Lipinski definition) is 4. The molecular formula is C20H27N3O4S. The number of rotatable bonds is 8. The fourth-order valence-electron chi connectivity index (χ4n) is 2.49. The first-order chi connectivity index (χ1) is 13.1. The average molecular weight is 406 g/mol. The fourth-order valence-corrected chi connectivity index (χ4v) is 3.36. The number of nitrogens with one attached hydrogen (secondary N) is 1. The Balaban J connectivity index is 2.02. The molecule has 0 heterocycles. The Morgan fingerprint density at radius 3 is 2.29 bits per heavy atom. The molecule has 0 aliphatic heterocycles. The van der Waals surface area contributed by atoms with Gasteiger partial charge in [0, 0.05) is 33.3 Å². The van der Waals surface area contributed by atoms with E-state index >= 15 is 0 Å². The molecule has 2 rings (SSSR count). The summed E-state index contributed by atoms with van der Waals surface area (Å²) in [5.41, 5.74) is 1.86. The molecule has 0 atom stereocenters. The maximum absolute atomic E-state index is 12.4. The Labute approximate surface area is 167 Å². The molecule has 0 radical (unpaired) electrons. The Morgan fingerprint density at radius 1 is 1.07 bits per heavy atom. The second-order valence-corrected chi connectivity index (χ2v) is 8.97. The van der Waals surface area contributed by atoms with Crippen molar-refractivity contribution in [3.63, 3.8) is 0 Å². The summed E-state index contributed by atoms with van der Waals surface area (Å²) in [5, 5.41) is 2.86. The van der Waals surface area contributed by atoms with E-state index < -0.39 is 10.2 Å². The molecule has 0 aromatic heterocycles. The zero-order chi connectivity index (χ0) is 20.9. The molecule has 1 N–H and O–H groups in total. The largest absolute Gasteiger partial charge is 0.491 e. The van der Waals surface area contributed by atoms with Crippen LogP contribution in [0, 0.1) is 0 Å². The molecule has 0 unspecified atom stereocenters. The molecule has 0 saturated heterocycles. The first-order valence-electron chi connectivity index (χ1n) is 8.91. The standard InChI is InChI=1S/C20H27N3O4S/c1-15(2)27-19-8-6-7-16(13-19)14-21-20(24)17-9-11-18(12-10-17)23(5)28(25,26)22(3)4/h6-13,15H,14H2,1-5H3,(H,21,24). The number of amides is 1. The summed E-state index contributed by atoms with van der Waals surface area (Å²) >= 11 is 0. The van der Waals surface area contributed by atoms with Gasteiger partial charge in [0.1, 0.15) is 5.75 Å². The molecule has 0 saturated carbocycles. The van der Waals surface area contributed by atoms with Crippen LogP contribution in [0.5, 0.6) is 5.75 Å². The van der Waals surface area contributed by atoms with Gasteiger partial charge in [-0.05, 0) is 55.8 Å². The summed E-state index contributed by atoms with van der Waals surface area (Å²) in [5.74, 6) is 0.524. The SMILES string of the molecule is CC(C)Oc1cccc(CNC(=O)c2ccc(N(C)S(=O)(=O)N(C)C)cc2)c1. The van der Waals surface area contributed by atoms with Gasteiger partial charge in [-0.15, -0.1) is 0 Å². The summed E-state index contributed by atoms with van der Waals surface area (Å²) in [6.07, 6.45) is 0.0813. The highest BCUT2D eigenvalue weighted by atomic mass is 32.2. The number of anilines is 1. The molecule has 2 aromatic rings. The van der Waals surface area contributed by atoms with Crippen molar-refractivity contribution in [3.05, 3.63) is 59.7 Å². The minimum absolute atomic E-state index is 0.0813. The van der Waals surface area contributed by atoms with Crippen LogP contribution in [-0.4, -0.2) is 45.9 Å². The Bertz CT molecular complexity index is 909. The van der Waals surface area contributed by atoms with E-state index in [1.54, 1.807) is 24.3 Å². The first kappa shape index (κ1) is 21.7. The lowest BCUT2D eigenvalue weighted by molar-refractivity contribution is 0.0951. The monoisotopic (exact) mass is 405 g/mol. The van der Waals surface area contributed by atoms with E-state index in [-0.39, 0.29) is 12.0 Å². The predicted octanol–water partition coefficient (Wildman–Crippen LogP) is 2.65. The van der Waals surface area contributed by atoms with Crippen molar-refractivity contribution in [2.75, 3.05) is 25.4 Å². The molecule has 7 nitrogen and oxygen atoms in total. The minimum Gasteiger partial charge on any atom is -0.491 e. The third-order valence-electron chi connectivity index (χ3n) is 4.02. The molecular weight excluding hydrogens is 378 g/mol. The zero-order valence-electron chi connectivity index (χ0n) is 16.8. The normalized spacial score (nSPS) is 11.5. The van der Waals surface area contributed by atoms with Gasteiger partial charge >= 0.3 is 10.2 Å². The summed E-state index contributed by atoms with van der Waals surface area (Å²) in [4.78, 5) is 12.4. The van der Waals surface area contributed by atoms with Gasteiger partial charge in [-0.2, -0.15) is 12.7 Å². The number of hydrogen-bond donors (Lipinski definition) is 1. The molecule has 1 amide bonds. The predicted molar refractivity (Wildman–Crippen MR) is 111 cm³/mol. The van der Waals surface area contributed by atoms with Crippen LogP contribution in [0.1, 0.15) is 29.8 Å². The number of carbonyl (C=O) groups excluding carboxylic acids is 1. The molecule has 0 aliphatic carbocycles. The summed E-state index contributed by atoms with van der Waals surface area (Å²) in [7, 11) is 0.835. The summed E-state index contributed by atoms with van der Waals surface area (Å²) in [6.45, 7) is 4.28. The van der Waals surface area contributed by atoms with Crippen LogP contribution in [0.4, 0.5) is 5.69 Å². The quantitative estimate of drug-likeness (QED) is 0.732. The van der Waals surface area contributed by atoms with Gasteiger partial charge in [0.25, 0.3) is 5.91 Å². The highest BCUT2D eigenvalue weighted by Gasteiger charge is 2.21. The van der Waals surface area contributed by atoms with Crippen molar-refractivity contribution in [2.24, 2.45) is 0 Å². The van der Waals surface area contributed by atoms with Crippen LogP contribution in [0.3, 0.4) is 0 Å². The van der Waals surface area contributed by atoms with Crippen LogP contribution in [0.25, 0.3) is 0 Å². The molecule has 152 valence electrons. The van der Waals surface area contributed by atoms with E-state index in [0.717, 1.165) is 19.9 Å². The molecule has 8 heteroatoms. The van der Waals surface area contributed by atoms with E-state index in [0.29, 0.717) is 17.8 Å². The lowest BCUT2D eigenvalue weighted by Crippen LogP contribution is -2.37. The molecule has 0 fully saturated rings. The highest BCUT2D eigenvalue weighted by Crippen LogP contribution is 2.19. The number of nitrogens with zero attached hydrogens (tertiary/aromatic N) is 2. The molecule has 0 spiro atoms. The van der Waals surface area contributed by atoms with Crippen LogP contribution in [-0.2, 0) is 16.8 Å². The van der Waals surface area contributed by atoms with Gasteiger partial charge in [0.2, 0.25) is 0 Å². The third-order valence-corrected chi connectivity index (χ3v) is 5.85. The fraction of sp³-hybridized carbons (Fsp3) is 0.350. The molecule has 0 aliphatic rings. The van der Waals surface area contributed by atoms with Gasteiger partial charge in [-0.1, -0.05) is 12.1 Å². The van der Waals surface area contributed by atoms with E-state index in [1.807, 2.05) is 38.1 Å². The topological polar surface area (TPSA) is 79.0 Å². The van der Waals surface area contributed by atoms with Gasteiger partial charge in [0.05, 0.1) is 11.8 Å². The lowest BCUT2D eigenvalue weighted by atomic mass is 10.1. The van der Waals surface area contributed by atoms with Crippen molar-refractivity contribution in [2.45, 2.75) is 26.5 Å². The number of ether oxygens (including phenoxy) is 1. The Kier molecular flexibility index (Phi) is 7.04. The zero-order valence-corrected chi connectivity index (χ0v) is 17.7. The molecule has 0 bridgehead atoms. The summed E-state index contributed by atoms with van der Waals surface area (Å²) < 4.78 is 32.3.